The number of carbonyl (C=O) groups excluding carboxylic acids is 1. The van der Waals surface area contributed by atoms with Gasteiger partial charge in [-0.15, -0.1) is 0 Å². The van der Waals surface area contributed by atoms with E-state index in [-0.39, 0.29) is 5.91 Å². The van der Waals surface area contributed by atoms with Crippen molar-refractivity contribution in [2.24, 2.45) is 4.99 Å². The molecule has 0 fully saturated rings. The van der Waals surface area contributed by atoms with Gasteiger partial charge in [-0.1, -0.05) is 24.3 Å². The molecule has 0 radical (unpaired) electrons. The highest BCUT2D eigenvalue weighted by Crippen LogP contribution is 2.15. The lowest BCUT2D eigenvalue weighted by atomic mass is 10.0. The summed E-state index contributed by atoms with van der Waals surface area (Å²) in [6, 6.07) is 9.17. The highest BCUT2D eigenvalue weighted by atomic mass is 16.1. The van der Waals surface area contributed by atoms with Gasteiger partial charge in [0.25, 0.3) is 5.91 Å². The molecular weight excluding hydrogens is 198 g/mol. The maximum Gasteiger partial charge on any atom is 0.276 e. The molecule has 1 aliphatic rings. The molecule has 1 aromatic rings. The average molecular weight is 213 g/mol. The zero-order valence-corrected chi connectivity index (χ0v) is 9.23. The summed E-state index contributed by atoms with van der Waals surface area (Å²) in [6.07, 6.45) is 8.51. The Morgan fingerprint density at radius 3 is 2.69 bits per heavy atom. The molecule has 0 bridgehead atoms. The van der Waals surface area contributed by atoms with Crippen LogP contribution in [0.15, 0.2) is 47.0 Å². The first-order chi connectivity index (χ1) is 7.86. The van der Waals surface area contributed by atoms with Crippen LogP contribution in [0.5, 0.6) is 0 Å². The van der Waals surface area contributed by atoms with Gasteiger partial charge in [-0.2, -0.15) is 0 Å². The molecule has 0 atom stereocenters. The SMILES string of the molecule is O=C(N=CC1=CCCCC1)c1ccccc1. The van der Waals surface area contributed by atoms with Crippen molar-refractivity contribution in [1.29, 1.82) is 0 Å². The van der Waals surface area contributed by atoms with Crippen molar-refractivity contribution in [3.05, 3.63) is 47.5 Å². The van der Waals surface area contributed by atoms with Crippen molar-refractivity contribution in [1.82, 2.24) is 0 Å². The summed E-state index contributed by atoms with van der Waals surface area (Å²) in [4.78, 5) is 15.6. The summed E-state index contributed by atoms with van der Waals surface area (Å²) < 4.78 is 0. The van der Waals surface area contributed by atoms with E-state index in [1.54, 1.807) is 18.3 Å². The van der Waals surface area contributed by atoms with Gasteiger partial charge < -0.3 is 0 Å². The van der Waals surface area contributed by atoms with Crippen LogP contribution in [0.3, 0.4) is 0 Å². The van der Waals surface area contributed by atoms with E-state index in [0.29, 0.717) is 5.56 Å². The van der Waals surface area contributed by atoms with Crippen LogP contribution in [-0.2, 0) is 0 Å². The molecule has 0 aliphatic heterocycles. The van der Waals surface area contributed by atoms with Gasteiger partial charge in [0, 0.05) is 11.8 Å². The van der Waals surface area contributed by atoms with Gasteiger partial charge >= 0.3 is 0 Å². The average Bonchev–Trinajstić information content (AvgIpc) is 2.38. The number of amides is 1. The van der Waals surface area contributed by atoms with Crippen molar-refractivity contribution >= 4 is 12.1 Å². The third-order valence-corrected chi connectivity index (χ3v) is 2.69. The van der Waals surface area contributed by atoms with E-state index in [9.17, 15) is 4.79 Å². The van der Waals surface area contributed by atoms with Crippen molar-refractivity contribution in [2.45, 2.75) is 25.7 Å². The van der Waals surface area contributed by atoms with Gasteiger partial charge in [-0.05, 0) is 43.4 Å². The quantitative estimate of drug-likeness (QED) is 0.692. The molecule has 1 aliphatic carbocycles. The number of allylic oxidation sites excluding steroid dienone is 2. The normalized spacial score (nSPS) is 16.1. The van der Waals surface area contributed by atoms with Crippen molar-refractivity contribution in [3.8, 4) is 0 Å². The monoisotopic (exact) mass is 213 g/mol. The summed E-state index contributed by atoms with van der Waals surface area (Å²) in [6.45, 7) is 0. The Morgan fingerprint density at radius 1 is 1.19 bits per heavy atom. The second kappa shape index (κ2) is 5.40. The smallest absolute Gasteiger partial charge is 0.267 e. The van der Waals surface area contributed by atoms with Crippen molar-refractivity contribution in [3.63, 3.8) is 0 Å². The van der Waals surface area contributed by atoms with Crippen LogP contribution >= 0.6 is 0 Å². The van der Waals surface area contributed by atoms with Gasteiger partial charge in [0.1, 0.15) is 0 Å². The first-order valence-electron chi connectivity index (χ1n) is 5.69. The summed E-state index contributed by atoms with van der Waals surface area (Å²) in [5, 5.41) is 0. The highest BCUT2D eigenvalue weighted by Gasteiger charge is 2.03. The molecule has 1 aromatic carbocycles. The topological polar surface area (TPSA) is 29.4 Å². The molecule has 1 amide bonds. The third kappa shape index (κ3) is 2.89. The molecule has 0 aromatic heterocycles. The summed E-state index contributed by atoms with van der Waals surface area (Å²) in [5.74, 6) is -0.160. The second-order valence-electron chi connectivity index (χ2n) is 3.95. The number of carbonyl (C=O) groups is 1. The first kappa shape index (κ1) is 10.8. The minimum Gasteiger partial charge on any atom is -0.267 e. The maximum atomic E-state index is 11.7. The Bertz CT molecular complexity index is 418. The predicted molar refractivity (Wildman–Crippen MR) is 65.8 cm³/mol. The summed E-state index contributed by atoms with van der Waals surface area (Å²) >= 11 is 0. The van der Waals surface area contributed by atoms with E-state index >= 15 is 0 Å². The first-order valence-corrected chi connectivity index (χ1v) is 5.69. The number of hydrogen-bond acceptors (Lipinski definition) is 1. The zero-order valence-electron chi connectivity index (χ0n) is 9.23. The van der Waals surface area contributed by atoms with Gasteiger partial charge in [0.05, 0.1) is 0 Å². The Hall–Kier alpha value is -1.70. The van der Waals surface area contributed by atoms with E-state index in [1.807, 2.05) is 18.2 Å². The Kier molecular flexibility index (Phi) is 3.65. The van der Waals surface area contributed by atoms with Gasteiger partial charge in [-0.3, -0.25) is 4.79 Å². The lowest BCUT2D eigenvalue weighted by Crippen LogP contribution is -1.98. The summed E-state index contributed by atoms with van der Waals surface area (Å²) in [5.41, 5.74) is 1.84. The Morgan fingerprint density at radius 2 is 2.00 bits per heavy atom. The molecule has 2 rings (SSSR count). The lowest BCUT2D eigenvalue weighted by molar-refractivity contribution is 0.100. The summed E-state index contributed by atoms with van der Waals surface area (Å²) in [7, 11) is 0. The van der Waals surface area contributed by atoms with Crippen LogP contribution in [-0.4, -0.2) is 12.1 Å². The molecule has 0 saturated carbocycles. The van der Waals surface area contributed by atoms with Crippen LogP contribution in [0.2, 0.25) is 0 Å². The zero-order chi connectivity index (χ0) is 11.2. The molecule has 0 N–H and O–H groups in total. The molecule has 0 unspecified atom stereocenters. The van der Waals surface area contributed by atoms with Crippen LogP contribution in [0.1, 0.15) is 36.0 Å². The molecule has 2 heteroatoms. The number of hydrogen-bond donors (Lipinski definition) is 0. The molecular formula is C14H15NO. The molecule has 2 nitrogen and oxygen atoms in total. The fraction of sp³-hybridized carbons (Fsp3) is 0.286. The lowest BCUT2D eigenvalue weighted by Gasteiger charge is -2.06. The van der Waals surface area contributed by atoms with E-state index in [2.05, 4.69) is 11.1 Å². The van der Waals surface area contributed by atoms with Crippen LogP contribution < -0.4 is 0 Å². The Labute approximate surface area is 95.7 Å². The second-order valence-corrected chi connectivity index (χ2v) is 3.95. The number of nitrogens with zero attached hydrogens (tertiary/aromatic N) is 1. The molecule has 0 spiro atoms. The number of rotatable bonds is 2. The fourth-order valence-electron chi connectivity index (χ4n) is 1.78. The van der Waals surface area contributed by atoms with Crippen molar-refractivity contribution in [2.75, 3.05) is 0 Å². The number of benzene rings is 1. The standard InChI is InChI=1S/C14H15NO/c16-14(13-9-5-2-6-10-13)15-11-12-7-3-1-4-8-12/h2,5-7,9-11H,1,3-4,8H2. The maximum absolute atomic E-state index is 11.7. The van der Waals surface area contributed by atoms with Gasteiger partial charge in [0.2, 0.25) is 0 Å². The molecule has 0 saturated heterocycles. The predicted octanol–water partition coefficient (Wildman–Crippen LogP) is 3.40. The van der Waals surface area contributed by atoms with Gasteiger partial charge in [0.15, 0.2) is 0 Å². The largest absolute Gasteiger partial charge is 0.276 e. The molecule has 0 heterocycles. The highest BCUT2D eigenvalue weighted by molar-refractivity contribution is 6.01. The molecule has 16 heavy (non-hydrogen) atoms. The van der Waals surface area contributed by atoms with E-state index in [0.717, 1.165) is 12.8 Å². The van der Waals surface area contributed by atoms with Crippen molar-refractivity contribution < 1.29 is 4.79 Å². The van der Waals surface area contributed by atoms with E-state index in [4.69, 9.17) is 0 Å². The van der Waals surface area contributed by atoms with Gasteiger partial charge in [-0.25, -0.2) is 4.99 Å². The number of aliphatic imine (C=N–C) groups is 1. The van der Waals surface area contributed by atoms with Crippen LogP contribution in [0.25, 0.3) is 0 Å². The molecule has 82 valence electrons. The minimum absolute atomic E-state index is 0.160. The fourth-order valence-corrected chi connectivity index (χ4v) is 1.78. The third-order valence-electron chi connectivity index (χ3n) is 2.69. The van der Waals surface area contributed by atoms with E-state index in [1.165, 1.54) is 18.4 Å². The minimum atomic E-state index is -0.160. The van der Waals surface area contributed by atoms with E-state index < -0.39 is 0 Å². The van der Waals surface area contributed by atoms with Crippen LogP contribution in [0, 0.1) is 0 Å². The Balaban J connectivity index is 2.02. The van der Waals surface area contributed by atoms with Crippen LogP contribution in [0.4, 0.5) is 0 Å².